The molecule has 0 amide bonds. The molecule has 0 bridgehead atoms. The van der Waals surface area contributed by atoms with Gasteiger partial charge in [0.1, 0.15) is 12.4 Å². The number of methoxy groups -OCH3 is 1. The normalized spacial score (nSPS) is 10.6. The van der Waals surface area contributed by atoms with Crippen LogP contribution >= 0.6 is 0 Å². The fourth-order valence-electron chi connectivity index (χ4n) is 1.45. The molecule has 0 heterocycles. The Kier molecular flexibility index (Phi) is 8.34. The summed E-state index contributed by atoms with van der Waals surface area (Å²) in [6, 6.07) is 3.99. The van der Waals surface area contributed by atoms with Gasteiger partial charge in [0.05, 0.1) is 44.3 Å². The van der Waals surface area contributed by atoms with Crippen LogP contribution in [0.15, 0.2) is 18.2 Å². The minimum Gasteiger partial charge on any atom is -0.460 e. The standard InChI is InChI=1S/C14H20FNO5/c1-18-5-6-19-7-8-20-9-10-21-14(17)11-3-2-4-12(15)13(11)16/h2-4H,5-10,16H2,1H3. The van der Waals surface area contributed by atoms with E-state index in [9.17, 15) is 9.18 Å². The van der Waals surface area contributed by atoms with E-state index >= 15 is 0 Å². The zero-order valence-electron chi connectivity index (χ0n) is 12.0. The number of para-hydroxylation sites is 1. The van der Waals surface area contributed by atoms with Crippen LogP contribution in [-0.4, -0.2) is 52.7 Å². The van der Waals surface area contributed by atoms with Gasteiger partial charge in [-0.1, -0.05) is 6.07 Å². The molecule has 0 radical (unpaired) electrons. The number of carbonyl (C=O) groups is 1. The van der Waals surface area contributed by atoms with Gasteiger partial charge in [0, 0.05) is 7.11 Å². The Labute approximate surface area is 122 Å². The van der Waals surface area contributed by atoms with Crippen LogP contribution < -0.4 is 5.73 Å². The molecule has 7 heteroatoms. The molecule has 0 fully saturated rings. The van der Waals surface area contributed by atoms with Crippen LogP contribution in [0.3, 0.4) is 0 Å². The molecule has 0 spiro atoms. The average Bonchev–Trinajstić information content (AvgIpc) is 2.48. The molecule has 1 aromatic rings. The van der Waals surface area contributed by atoms with Gasteiger partial charge in [-0.25, -0.2) is 9.18 Å². The second-order valence-corrected chi connectivity index (χ2v) is 4.05. The predicted molar refractivity (Wildman–Crippen MR) is 74.6 cm³/mol. The number of carbonyl (C=O) groups excluding carboxylic acids is 1. The lowest BCUT2D eigenvalue weighted by Crippen LogP contribution is -2.15. The molecule has 21 heavy (non-hydrogen) atoms. The Morgan fingerprint density at radius 3 is 2.38 bits per heavy atom. The zero-order chi connectivity index (χ0) is 15.5. The van der Waals surface area contributed by atoms with Crippen molar-refractivity contribution in [2.75, 3.05) is 52.5 Å². The highest BCUT2D eigenvalue weighted by molar-refractivity contribution is 5.95. The highest BCUT2D eigenvalue weighted by atomic mass is 19.1. The average molecular weight is 301 g/mol. The molecule has 0 unspecified atom stereocenters. The Balaban J connectivity index is 2.13. The van der Waals surface area contributed by atoms with Gasteiger partial charge in [-0.15, -0.1) is 0 Å². The van der Waals surface area contributed by atoms with Crippen molar-refractivity contribution in [1.29, 1.82) is 0 Å². The third-order valence-corrected chi connectivity index (χ3v) is 2.54. The first-order valence-corrected chi connectivity index (χ1v) is 6.52. The van der Waals surface area contributed by atoms with E-state index in [4.69, 9.17) is 24.7 Å². The molecular weight excluding hydrogens is 281 g/mol. The van der Waals surface area contributed by atoms with Crippen molar-refractivity contribution in [2.24, 2.45) is 0 Å². The number of benzene rings is 1. The van der Waals surface area contributed by atoms with Gasteiger partial charge in [0.2, 0.25) is 0 Å². The largest absolute Gasteiger partial charge is 0.460 e. The van der Waals surface area contributed by atoms with Crippen molar-refractivity contribution in [3.8, 4) is 0 Å². The maximum Gasteiger partial charge on any atom is 0.340 e. The smallest absolute Gasteiger partial charge is 0.340 e. The maximum atomic E-state index is 13.2. The highest BCUT2D eigenvalue weighted by Gasteiger charge is 2.13. The van der Waals surface area contributed by atoms with Crippen molar-refractivity contribution in [3.05, 3.63) is 29.6 Å². The van der Waals surface area contributed by atoms with E-state index in [1.165, 1.54) is 18.2 Å². The van der Waals surface area contributed by atoms with E-state index in [-0.39, 0.29) is 24.5 Å². The van der Waals surface area contributed by atoms with Crippen molar-refractivity contribution in [2.45, 2.75) is 0 Å². The van der Waals surface area contributed by atoms with E-state index in [0.29, 0.717) is 26.4 Å². The van der Waals surface area contributed by atoms with Crippen LogP contribution in [0, 0.1) is 5.82 Å². The maximum absolute atomic E-state index is 13.2. The van der Waals surface area contributed by atoms with E-state index < -0.39 is 11.8 Å². The molecule has 0 aliphatic rings. The molecule has 0 aromatic heterocycles. The van der Waals surface area contributed by atoms with Gasteiger partial charge in [0.25, 0.3) is 0 Å². The summed E-state index contributed by atoms with van der Waals surface area (Å²) in [4.78, 5) is 11.7. The number of hydrogen-bond acceptors (Lipinski definition) is 6. The first kappa shape index (κ1) is 17.4. The zero-order valence-corrected chi connectivity index (χ0v) is 12.0. The van der Waals surface area contributed by atoms with Crippen LogP contribution in [0.2, 0.25) is 0 Å². The number of hydrogen-bond donors (Lipinski definition) is 1. The summed E-state index contributed by atoms with van der Waals surface area (Å²) in [5, 5.41) is 0. The molecule has 1 aromatic carbocycles. The quantitative estimate of drug-likeness (QED) is 0.398. The van der Waals surface area contributed by atoms with Crippen LogP contribution in [-0.2, 0) is 18.9 Å². The Hall–Kier alpha value is -1.70. The molecule has 118 valence electrons. The van der Waals surface area contributed by atoms with E-state index in [2.05, 4.69) is 0 Å². The second-order valence-electron chi connectivity index (χ2n) is 4.05. The number of nitrogen functional groups attached to an aromatic ring is 1. The minimum absolute atomic E-state index is 0.0119. The first-order valence-electron chi connectivity index (χ1n) is 6.52. The van der Waals surface area contributed by atoms with Crippen molar-refractivity contribution in [1.82, 2.24) is 0 Å². The molecule has 6 nitrogen and oxygen atoms in total. The first-order chi connectivity index (χ1) is 10.2. The van der Waals surface area contributed by atoms with Gasteiger partial charge >= 0.3 is 5.97 Å². The Morgan fingerprint density at radius 2 is 1.71 bits per heavy atom. The summed E-state index contributed by atoms with van der Waals surface area (Å²) in [5.41, 5.74) is 5.26. The summed E-state index contributed by atoms with van der Waals surface area (Å²) in [7, 11) is 1.60. The summed E-state index contributed by atoms with van der Waals surface area (Å²) >= 11 is 0. The van der Waals surface area contributed by atoms with E-state index in [1.54, 1.807) is 7.11 Å². The molecule has 1 rings (SSSR count). The van der Waals surface area contributed by atoms with Gasteiger partial charge in [0.15, 0.2) is 0 Å². The number of anilines is 1. The van der Waals surface area contributed by atoms with Crippen molar-refractivity contribution < 1.29 is 28.1 Å². The molecule has 2 N–H and O–H groups in total. The van der Waals surface area contributed by atoms with Gasteiger partial charge in [-0.05, 0) is 12.1 Å². The lowest BCUT2D eigenvalue weighted by molar-refractivity contribution is 0.00573. The molecule has 0 aliphatic heterocycles. The van der Waals surface area contributed by atoms with Gasteiger partial charge in [-0.3, -0.25) is 0 Å². The van der Waals surface area contributed by atoms with Crippen molar-refractivity contribution in [3.63, 3.8) is 0 Å². The predicted octanol–water partition coefficient (Wildman–Crippen LogP) is 1.24. The van der Waals surface area contributed by atoms with Crippen LogP contribution in [0.5, 0.6) is 0 Å². The molecule has 0 aliphatic carbocycles. The summed E-state index contributed by atoms with van der Waals surface area (Å²) in [5.74, 6) is -1.32. The number of esters is 1. The number of halogens is 1. The third-order valence-electron chi connectivity index (χ3n) is 2.54. The minimum atomic E-state index is -0.674. The highest BCUT2D eigenvalue weighted by Crippen LogP contribution is 2.16. The van der Waals surface area contributed by atoms with Gasteiger partial charge < -0.3 is 24.7 Å². The van der Waals surface area contributed by atoms with Crippen LogP contribution in [0.1, 0.15) is 10.4 Å². The van der Waals surface area contributed by atoms with Crippen molar-refractivity contribution >= 4 is 11.7 Å². The lowest BCUT2D eigenvalue weighted by Gasteiger charge is -2.08. The molecular formula is C14H20FNO5. The monoisotopic (exact) mass is 301 g/mol. The summed E-state index contributed by atoms with van der Waals surface area (Å²) in [6.07, 6.45) is 0. The lowest BCUT2D eigenvalue weighted by atomic mass is 10.2. The van der Waals surface area contributed by atoms with E-state index in [0.717, 1.165) is 0 Å². The van der Waals surface area contributed by atoms with E-state index in [1.807, 2.05) is 0 Å². The van der Waals surface area contributed by atoms with Crippen LogP contribution in [0.25, 0.3) is 0 Å². The molecule has 0 atom stereocenters. The number of nitrogens with two attached hydrogens (primary N) is 1. The number of rotatable bonds is 10. The second kappa shape index (κ2) is 10.1. The summed E-state index contributed by atoms with van der Waals surface area (Å²) < 4.78 is 33.3. The number of ether oxygens (including phenoxy) is 4. The Morgan fingerprint density at radius 1 is 1.10 bits per heavy atom. The molecule has 0 saturated heterocycles. The fourth-order valence-corrected chi connectivity index (χ4v) is 1.45. The third kappa shape index (κ3) is 6.52. The van der Waals surface area contributed by atoms with Crippen LogP contribution in [0.4, 0.5) is 10.1 Å². The topological polar surface area (TPSA) is 80.0 Å². The SMILES string of the molecule is COCCOCCOCCOC(=O)c1cccc(F)c1N. The molecule has 0 saturated carbocycles. The fraction of sp³-hybridized carbons (Fsp3) is 0.500. The van der Waals surface area contributed by atoms with Gasteiger partial charge in [-0.2, -0.15) is 0 Å². The summed E-state index contributed by atoms with van der Waals surface area (Å²) in [6.45, 7) is 2.17. The Bertz CT molecular complexity index is 441.